The van der Waals surface area contributed by atoms with E-state index >= 15 is 0 Å². The van der Waals surface area contributed by atoms with Crippen LogP contribution >= 0.6 is 24.0 Å². The number of halogens is 1. The minimum Gasteiger partial charge on any atom is -0.382 e. The molecule has 2 aliphatic heterocycles. The summed E-state index contributed by atoms with van der Waals surface area (Å²) in [7, 11) is 3.50. The van der Waals surface area contributed by atoms with Gasteiger partial charge in [-0.1, -0.05) is 0 Å². The van der Waals surface area contributed by atoms with Crippen LogP contribution in [0.25, 0.3) is 0 Å². The van der Waals surface area contributed by atoms with Gasteiger partial charge in [0.25, 0.3) is 0 Å². The lowest BCUT2D eigenvalue weighted by atomic mass is 9.96. The third-order valence-corrected chi connectivity index (χ3v) is 4.09. The molecule has 6 nitrogen and oxygen atoms in total. The number of unbranched alkanes of at least 4 members (excludes halogenated alkanes) is 1. The number of rotatable bonds is 9. The van der Waals surface area contributed by atoms with Crippen molar-refractivity contribution in [2.24, 2.45) is 4.99 Å². The first kappa shape index (κ1) is 19.9. The van der Waals surface area contributed by atoms with E-state index in [-0.39, 0.29) is 24.0 Å². The Morgan fingerprint density at radius 3 is 2.73 bits per heavy atom. The summed E-state index contributed by atoms with van der Waals surface area (Å²) in [4.78, 5) is 4.28. The molecule has 0 saturated carbocycles. The van der Waals surface area contributed by atoms with Crippen molar-refractivity contribution in [2.75, 3.05) is 40.5 Å². The second kappa shape index (κ2) is 11.4. The molecule has 0 aromatic carbocycles. The number of nitrogens with one attached hydrogen (secondary N) is 2. The summed E-state index contributed by atoms with van der Waals surface area (Å²) in [5.41, 5.74) is 0. The number of hydrogen-bond acceptors (Lipinski definition) is 4. The summed E-state index contributed by atoms with van der Waals surface area (Å²) >= 11 is 0. The van der Waals surface area contributed by atoms with Gasteiger partial charge in [0.05, 0.1) is 31.5 Å². The van der Waals surface area contributed by atoms with E-state index < -0.39 is 0 Å². The smallest absolute Gasteiger partial charge is 0.191 e. The topological polar surface area (TPSA) is 64.1 Å². The molecule has 0 amide bonds. The van der Waals surface area contributed by atoms with Crippen molar-refractivity contribution >= 4 is 29.9 Å². The highest BCUT2D eigenvalue weighted by Crippen LogP contribution is 2.34. The predicted molar refractivity (Wildman–Crippen MR) is 98.1 cm³/mol. The Labute approximate surface area is 150 Å². The molecule has 130 valence electrons. The van der Waals surface area contributed by atoms with E-state index in [4.69, 9.17) is 14.2 Å². The van der Waals surface area contributed by atoms with Gasteiger partial charge in [-0.2, -0.15) is 0 Å². The SMILES string of the molecule is CN=C(NCCCCOCCOC)NC1CC2CCC1O2.I. The lowest BCUT2D eigenvalue weighted by Gasteiger charge is -2.22. The maximum absolute atomic E-state index is 5.85. The molecule has 0 spiro atoms. The maximum atomic E-state index is 5.85. The van der Waals surface area contributed by atoms with E-state index in [1.807, 2.05) is 7.05 Å². The molecule has 2 saturated heterocycles. The predicted octanol–water partition coefficient (Wildman–Crippen LogP) is 1.53. The van der Waals surface area contributed by atoms with Gasteiger partial charge in [0.1, 0.15) is 0 Å². The Morgan fingerprint density at radius 2 is 2.09 bits per heavy atom. The van der Waals surface area contributed by atoms with Gasteiger partial charge in [0, 0.05) is 27.3 Å². The average molecular weight is 427 g/mol. The van der Waals surface area contributed by atoms with Crippen LogP contribution in [0.4, 0.5) is 0 Å². The zero-order chi connectivity index (χ0) is 14.9. The van der Waals surface area contributed by atoms with Crippen molar-refractivity contribution in [2.45, 2.75) is 50.4 Å². The van der Waals surface area contributed by atoms with Gasteiger partial charge in [-0.15, -0.1) is 24.0 Å². The largest absolute Gasteiger partial charge is 0.382 e. The van der Waals surface area contributed by atoms with Crippen molar-refractivity contribution in [1.29, 1.82) is 0 Å². The van der Waals surface area contributed by atoms with Crippen LogP contribution in [0.1, 0.15) is 32.1 Å². The third-order valence-electron chi connectivity index (χ3n) is 4.09. The Hall–Kier alpha value is -0.120. The zero-order valence-electron chi connectivity index (χ0n) is 13.7. The van der Waals surface area contributed by atoms with Gasteiger partial charge in [0.2, 0.25) is 0 Å². The summed E-state index contributed by atoms with van der Waals surface area (Å²) in [5.74, 6) is 0.886. The summed E-state index contributed by atoms with van der Waals surface area (Å²) in [6, 6.07) is 0.423. The monoisotopic (exact) mass is 427 g/mol. The normalized spacial score (nSPS) is 26.8. The number of ether oxygens (including phenoxy) is 3. The van der Waals surface area contributed by atoms with Gasteiger partial charge >= 0.3 is 0 Å². The number of nitrogens with zero attached hydrogens (tertiary/aromatic N) is 1. The van der Waals surface area contributed by atoms with E-state index in [2.05, 4.69) is 15.6 Å². The summed E-state index contributed by atoms with van der Waals surface area (Å²) in [5, 5.41) is 6.84. The Bertz CT molecular complexity index is 331. The van der Waals surface area contributed by atoms with Crippen molar-refractivity contribution in [3.8, 4) is 0 Å². The van der Waals surface area contributed by atoms with E-state index in [9.17, 15) is 0 Å². The van der Waals surface area contributed by atoms with E-state index in [0.29, 0.717) is 31.5 Å². The molecule has 0 aromatic heterocycles. The van der Waals surface area contributed by atoms with Gasteiger partial charge in [-0.05, 0) is 32.1 Å². The van der Waals surface area contributed by atoms with Crippen LogP contribution in [0.15, 0.2) is 4.99 Å². The minimum absolute atomic E-state index is 0. The van der Waals surface area contributed by atoms with Crippen molar-refractivity contribution in [3.05, 3.63) is 0 Å². The number of aliphatic imine (C=N–C) groups is 1. The van der Waals surface area contributed by atoms with Crippen molar-refractivity contribution in [1.82, 2.24) is 10.6 Å². The Kier molecular flexibility index (Phi) is 10.3. The number of hydrogen-bond donors (Lipinski definition) is 2. The van der Waals surface area contributed by atoms with E-state index in [0.717, 1.165) is 38.4 Å². The quantitative estimate of drug-likeness (QED) is 0.253. The van der Waals surface area contributed by atoms with Crippen LogP contribution in [0.5, 0.6) is 0 Å². The summed E-state index contributed by atoms with van der Waals surface area (Å²) < 4.78 is 16.2. The molecular weight excluding hydrogens is 397 g/mol. The molecule has 7 heteroatoms. The van der Waals surface area contributed by atoms with Crippen LogP contribution < -0.4 is 10.6 Å². The first-order chi connectivity index (χ1) is 10.3. The molecule has 2 N–H and O–H groups in total. The molecule has 2 heterocycles. The van der Waals surface area contributed by atoms with Crippen LogP contribution in [0, 0.1) is 0 Å². The third kappa shape index (κ3) is 6.55. The van der Waals surface area contributed by atoms with Gasteiger partial charge < -0.3 is 24.8 Å². The summed E-state index contributed by atoms with van der Waals surface area (Å²) in [6.07, 6.45) is 6.47. The Balaban J connectivity index is 0.00000242. The highest BCUT2D eigenvalue weighted by molar-refractivity contribution is 14.0. The Morgan fingerprint density at radius 1 is 1.23 bits per heavy atom. The van der Waals surface area contributed by atoms with Gasteiger partial charge in [-0.25, -0.2) is 0 Å². The second-order valence-electron chi connectivity index (χ2n) is 5.67. The minimum atomic E-state index is 0. The van der Waals surface area contributed by atoms with E-state index in [1.54, 1.807) is 7.11 Å². The van der Waals surface area contributed by atoms with Crippen LogP contribution in [0.2, 0.25) is 0 Å². The molecule has 2 bridgehead atoms. The molecule has 2 aliphatic rings. The van der Waals surface area contributed by atoms with Crippen LogP contribution in [0.3, 0.4) is 0 Å². The fourth-order valence-corrected chi connectivity index (χ4v) is 2.94. The molecule has 3 unspecified atom stereocenters. The standard InChI is InChI=1S/C15H29N3O3.HI/c1-16-15(17-7-3-4-8-20-10-9-19-2)18-13-11-12-5-6-14(13)21-12;/h12-14H,3-11H2,1-2H3,(H2,16,17,18);1H. The molecule has 0 radical (unpaired) electrons. The molecule has 2 rings (SSSR count). The van der Waals surface area contributed by atoms with Crippen LogP contribution in [-0.2, 0) is 14.2 Å². The number of methoxy groups -OCH3 is 1. The maximum Gasteiger partial charge on any atom is 0.191 e. The van der Waals surface area contributed by atoms with Crippen LogP contribution in [-0.4, -0.2) is 64.7 Å². The molecule has 22 heavy (non-hydrogen) atoms. The van der Waals surface area contributed by atoms with Gasteiger partial charge in [-0.3, -0.25) is 4.99 Å². The lowest BCUT2D eigenvalue weighted by molar-refractivity contribution is 0.0689. The first-order valence-electron chi connectivity index (χ1n) is 8.03. The molecule has 3 atom stereocenters. The summed E-state index contributed by atoms with van der Waals surface area (Å²) in [6.45, 7) is 3.05. The fourth-order valence-electron chi connectivity index (χ4n) is 2.94. The van der Waals surface area contributed by atoms with Crippen molar-refractivity contribution in [3.63, 3.8) is 0 Å². The molecule has 2 fully saturated rings. The van der Waals surface area contributed by atoms with Gasteiger partial charge in [0.15, 0.2) is 5.96 Å². The highest BCUT2D eigenvalue weighted by atomic mass is 127. The lowest BCUT2D eigenvalue weighted by Crippen LogP contribution is -2.47. The molecular formula is C15H30IN3O3. The number of guanidine groups is 1. The molecule has 0 aliphatic carbocycles. The average Bonchev–Trinajstić information content (AvgIpc) is 3.11. The fraction of sp³-hybridized carbons (Fsp3) is 0.933. The molecule has 0 aromatic rings. The van der Waals surface area contributed by atoms with E-state index in [1.165, 1.54) is 12.8 Å². The second-order valence-corrected chi connectivity index (χ2v) is 5.67. The first-order valence-corrected chi connectivity index (χ1v) is 8.03. The number of fused-ring (bicyclic) bond motifs is 2. The highest BCUT2D eigenvalue weighted by Gasteiger charge is 2.40. The zero-order valence-corrected chi connectivity index (χ0v) is 16.0. The van der Waals surface area contributed by atoms with Crippen molar-refractivity contribution < 1.29 is 14.2 Å².